The van der Waals surface area contributed by atoms with Crippen molar-refractivity contribution in [3.63, 3.8) is 0 Å². The Kier molecular flexibility index (Phi) is 38.1. The Balaban J connectivity index is -0.0000000750. The van der Waals surface area contributed by atoms with Crippen LogP contribution in [0.15, 0.2) is 0 Å². The molecule has 10 heteroatoms. The topological polar surface area (TPSA) is 119 Å². The molecule has 0 fully saturated rings. The van der Waals surface area contributed by atoms with Gasteiger partial charge in [-0.15, -0.1) is 0 Å². The third-order valence-electron chi connectivity index (χ3n) is 0. The average molecular weight is 372 g/mol. The van der Waals surface area contributed by atoms with Crippen LogP contribution in [0.25, 0.3) is 0 Å². The van der Waals surface area contributed by atoms with Crippen LogP contribution >= 0.6 is 0 Å². The molecule has 0 bridgehead atoms. The fourth-order valence-electron chi connectivity index (χ4n) is 0. The number of hydrogen-bond donors (Lipinski definition) is 0. The predicted molar refractivity (Wildman–Crippen MR) is 10.6 cm³/mol. The molecule has 0 aliphatic heterocycles. The van der Waals surface area contributed by atoms with Crippen molar-refractivity contribution in [1.82, 2.24) is 0 Å². The summed E-state index contributed by atoms with van der Waals surface area (Å²) in [7, 11) is -1.42. The Labute approximate surface area is 71.2 Å². The van der Waals surface area contributed by atoms with Crippen LogP contribution in [0.4, 0.5) is 0 Å². The second-order valence-electron chi connectivity index (χ2n) is 0.371. The molecular weight excluding hydrogens is 372 g/mol. The van der Waals surface area contributed by atoms with E-state index in [9.17, 15) is 0 Å². The van der Waals surface area contributed by atoms with Gasteiger partial charge in [-0.1, -0.05) is 0 Å². The minimum absolute atomic E-state index is 1.42. The van der Waals surface area contributed by atoms with Crippen molar-refractivity contribution in [3.8, 4) is 0 Å². The average Bonchev–Trinajstić information content (AvgIpc) is 1.65. The summed E-state index contributed by atoms with van der Waals surface area (Å²) < 4.78 is 59.6. The Bertz CT molecular complexity index is 191. The molecule has 0 aliphatic rings. The molecule has 0 saturated carbocycles. The van der Waals surface area contributed by atoms with Crippen LogP contribution in [-0.2, 0) is 62.1 Å². The first-order chi connectivity index (χ1) is 4.56. The van der Waals surface area contributed by atoms with Crippen LogP contribution in [0, 0.1) is 0 Å². The van der Waals surface area contributed by atoms with Crippen molar-refractivity contribution in [3.05, 3.63) is 0 Å². The van der Waals surface area contributed by atoms with Crippen molar-refractivity contribution in [2.75, 3.05) is 0 Å². The number of hydrogen-bond acceptors (Lipinski definition) is 7. The molecule has 0 radical (unpaired) electrons. The summed E-state index contributed by atoms with van der Waals surface area (Å²) in [4.78, 5) is 0. The van der Waals surface area contributed by atoms with Crippen LogP contribution < -0.4 is 0 Å². The second kappa shape index (κ2) is 22.9. The Morgan fingerprint density at radius 2 is 1.00 bits per heavy atom. The van der Waals surface area contributed by atoms with Gasteiger partial charge in [0.25, 0.3) is 0 Å². The summed E-state index contributed by atoms with van der Waals surface area (Å²) in [5.74, 6) is 0. The molecule has 0 atom stereocenters. The van der Waals surface area contributed by atoms with E-state index in [0.29, 0.717) is 0 Å². The van der Waals surface area contributed by atoms with Gasteiger partial charge in [-0.05, 0) is 0 Å². The van der Waals surface area contributed by atoms with Crippen molar-refractivity contribution >= 4 is 9.29 Å². The molecule has 56 valence electrons. The fourth-order valence-corrected chi connectivity index (χ4v) is 0. The van der Waals surface area contributed by atoms with Crippen molar-refractivity contribution in [1.29, 1.82) is 0 Å². The van der Waals surface area contributed by atoms with Gasteiger partial charge in [0.2, 0.25) is 0 Å². The van der Waals surface area contributed by atoms with Gasteiger partial charge in [0.05, 0.1) is 0 Å². The van der Waals surface area contributed by atoms with E-state index in [1.807, 2.05) is 0 Å². The van der Waals surface area contributed by atoms with Gasteiger partial charge < -0.3 is 0 Å². The van der Waals surface area contributed by atoms with Gasteiger partial charge in [-0.2, -0.15) is 0 Å². The summed E-state index contributed by atoms with van der Waals surface area (Å²) in [5.41, 5.74) is 0. The van der Waals surface area contributed by atoms with Gasteiger partial charge in [0.15, 0.2) is 0 Å². The summed E-state index contributed by atoms with van der Waals surface area (Å²) in [5, 5.41) is 0. The fraction of sp³-hybridized carbons (Fsp3) is 0. The molecule has 0 heterocycles. The summed E-state index contributed by atoms with van der Waals surface area (Å²) in [6.07, 6.45) is 0. The molecule has 0 aliphatic carbocycles. The SMILES string of the molecule is O=[Si]=O.[O]=[Ti]=[O].[O]=[W](=[O])=[O]. The predicted octanol–water partition coefficient (Wildman–Crippen LogP) is -1.22. The van der Waals surface area contributed by atoms with E-state index in [1.54, 1.807) is 0 Å². The zero-order valence-electron chi connectivity index (χ0n) is 4.27. The molecule has 0 amide bonds. The Hall–Kier alpha value is 0.219. The monoisotopic (exact) mass is 372 g/mol. The molecular formula is O7SiTiW. The molecule has 7 nitrogen and oxygen atoms in total. The van der Waals surface area contributed by atoms with Crippen LogP contribution in [0.5, 0.6) is 0 Å². The van der Waals surface area contributed by atoms with E-state index < -0.39 is 45.6 Å². The van der Waals surface area contributed by atoms with Crippen LogP contribution in [0.3, 0.4) is 0 Å². The van der Waals surface area contributed by atoms with Gasteiger partial charge in [0.1, 0.15) is 0 Å². The van der Waals surface area contributed by atoms with Gasteiger partial charge in [0, 0.05) is 0 Å². The number of rotatable bonds is 0. The summed E-state index contributed by atoms with van der Waals surface area (Å²) >= 11 is -6.28. The third-order valence-corrected chi connectivity index (χ3v) is 0. The zero-order valence-corrected chi connectivity index (χ0v) is 9.76. The van der Waals surface area contributed by atoms with E-state index in [0.717, 1.165) is 0 Å². The summed E-state index contributed by atoms with van der Waals surface area (Å²) in [6, 6.07) is 0. The summed E-state index contributed by atoms with van der Waals surface area (Å²) in [6.45, 7) is 0. The Morgan fingerprint density at radius 1 is 1.00 bits per heavy atom. The van der Waals surface area contributed by atoms with E-state index in [2.05, 4.69) is 0 Å². The normalized spacial score (nSPS) is 4.00. The maximum absolute atomic E-state index is 8.61. The first-order valence-electron chi connectivity index (χ1n) is 1.32. The third kappa shape index (κ3) is 8890. The molecule has 0 aromatic rings. The molecule has 0 aromatic heterocycles. The van der Waals surface area contributed by atoms with Crippen molar-refractivity contribution in [2.24, 2.45) is 0 Å². The maximum atomic E-state index is 8.61. The van der Waals surface area contributed by atoms with Crippen LogP contribution in [-0.4, -0.2) is 9.29 Å². The first kappa shape index (κ1) is 16.7. The molecule has 0 N–H and O–H groups in total. The molecule has 0 unspecified atom stereocenters. The minimum atomic E-state index is -4.28. The van der Waals surface area contributed by atoms with Crippen molar-refractivity contribution in [2.45, 2.75) is 0 Å². The van der Waals surface area contributed by atoms with E-state index in [4.69, 9.17) is 25.8 Å². The van der Waals surface area contributed by atoms with E-state index in [1.165, 1.54) is 0 Å². The van der Waals surface area contributed by atoms with Crippen LogP contribution in [0.2, 0.25) is 0 Å². The standard InChI is InChI=1S/O2Si.5O.Ti.W/c1-3-2;;;;;;;. The van der Waals surface area contributed by atoms with Crippen LogP contribution in [0.1, 0.15) is 0 Å². The zero-order chi connectivity index (χ0) is 8.99. The van der Waals surface area contributed by atoms with Gasteiger partial charge >= 0.3 is 62.4 Å². The first-order valence-corrected chi connectivity index (χ1v) is 7.00. The molecule has 0 aromatic carbocycles. The molecule has 10 heavy (non-hydrogen) atoms. The van der Waals surface area contributed by atoms with E-state index in [-0.39, 0.29) is 0 Å². The van der Waals surface area contributed by atoms with Gasteiger partial charge in [-0.3, -0.25) is 8.92 Å². The second-order valence-corrected chi connectivity index (χ2v) is 2.26. The molecule has 0 rings (SSSR count). The molecule has 0 saturated heterocycles. The quantitative estimate of drug-likeness (QED) is 0.489. The molecule has 0 spiro atoms. The van der Waals surface area contributed by atoms with Crippen molar-refractivity contribution < 1.29 is 62.1 Å². The van der Waals surface area contributed by atoms with Gasteiger partial charge in [-0.25, -0.2) is 0 Å². The van der Waals surface area contributed by atoms with E-state index >= 15 is 0 Å². The Morgan fingerprint density at radius 3 is 1.00 bits per heavy atom.